The number of piperidine rings is 1. The second kappa shape index (κ2) is 9.47. The number of halogens is 1. The van der Waals surface area contributed by atoms with Crippen LogP contribution >= 0.6 is 11.6 Å². The van der Waals surface area contributed by atoms with Crippen molar-refractivity contribution in [3.63, 3.8) is 0 Å². The molecule has 8 nitrogen and oxygen atoms in total. The quantitative estimate of drug-likeness (QED) is 0.615. The SMILES string of the molecule is COCCOc1c(Nc2ccc(C#N)cc2Cl)ncnc1OC1CC2CC[C@@H](C1)N2. The van der Waals surface area contributed by atoms with Gasteiger partial charge in [-0.3, -0.25) is 0 Å². The number of anilines is 2. The molecule has 2 aliphatic rings. The van der Waals surface area contributed by atoms with Crippen molar-refractivity contribution in [1.29, 1.82) is 5.26 Å². The summed E-state index contributed by atoms with van der Waals surface area (Å²) in [6, 6.07) is 8.09. The van der Waals surface area contributed by atoms with Crippen LogP contribution in [0.25, 0.3) is 0 Å². The molecule has 0 saturated carbocycles. The van der Waals surface area contributed by atoms with E-state index in [2.05, 4.69) is 26.7 Å². The Balaban J connectivity index is 1.57. The molecule has 2 unspecified atom stereocenters. The van der Waals surface area contributed by atoms with Crippen molar-refractivity contribution in [2.45, 2.75) is 43.9 Å². The summed E-state index contributed by atoms with van der Waals surface area (Å²) >= 11 is 6.32. The Kier molecular flexibility index (Phi) is 6.53. The van der Waals surface area contributed by atoms with Gasteiger partial charge in [-0.15, -0.1) is 0 Å². The number of benzene rings is 1. The fraction of sp³-hybridized carbons (Fsp3) is 0.476. The zero-order chi connectivity index (χ0) is 20.9. The molecule has 2 bridgehead atoms. The van der Waals surface area contributed by atoms with E-state index in [4.69, 9.17) is 31.1 Å². The maximum Gasteiger partial charge on any atom is 0.262 e. The maximum absolute atomic E-state index is 9.04. The second-order valence-electron chi connectivity index (χ2n) is 7.48. The van der Waals surface area contributed by atoms with Crippen LogP contribution in [-0.2, 0) is 4.74 Å². The van der Waals surface area contributed by atoms with E-state index < -0.39 is 0 Å². The summed E-state index contributed by atoms with van der Waals surface area (Å²) in [7, 11) is 1.61. The van der Waals surface area contributed by atoms with Gasteiger partial charge in [-0.25, -0.2) is 4.98 Å². The zero-order valence-corrected chi connectivity index (χ0v) is 17.5. The average molecular weight is 430 g/mol. The van der Waals surface area contributed by atoms with Crippen LogP contribution in [0.2, 0.25) is 5.02 Å². The number of fused-ring (bicyclic) bond motifs is 2. The Hall–Kier alpha value is -2.60. The Morgan fingerprint density at radius 2 is 2.03 bits per heavy atom. The lowest BCUT2D eigenvalue weighted by molar-refractivity contribution is 0.116. The molecule has 1 aromatic heterocycles. The smallest absolute Gasteiger partial charge is 0.262 e. The van der Waals surface area contributed by atoms with Gasteiger partial charge in [0.15, 0.2) is 5.82 Å². The molecule has 30 heavy (non-hydrogen) atoms. The second-order valence-corrected chi connectivity index (χ2v) is 7.89. The molecule has 4 rings (SSSR count). The molecule has 0 aliphatic carbocycles. The van der Waals surface area contributed by atoms with Gasteiger partial charge in [-0.2, -0.15) is 10.2 Å². The molecule has 2 N–H and O–H groups in total. The van der Waals surface area contributed by atoms with E-state index in [1.807, 2.05) is 0 Å². The fourth-order valence-electron chi connectivity index (χ4n) is 3.96. The van der Waals surface area contributed by atoms with Crippen LogP contribution < -0.4 is 20.1 Å². The highest BCUT2D eigenvalue weighted by molar-refractivity contribution is 6.33. The number of rotatable bonds is 8. The van der Waals surface area contributed by atoms with Crippen molar-refractivity contribution < 1.29 is 14.2 Å². The summed E-state index contributed by atoms with van der Waals surface area (Å²) in [5.41, 5.74) is 1.09. The van der Waals surface area contributed by atoms with Crippen molar-refractivity contribution in [3.8, 4) is 17.7 Å². The number of ether oxygens (including phenoxy) is 3. The van der Waals surface area contributed by atoms with Crippen molar-refractivity contribution in [3.05, 3.63) is 35.1 Å². The molecule has 3 atom stereocenters. The highest BCUT2D eigenvalue weighted by Crippen LogP contribution is 2.37. The highest BCUT2D eigenvalue weighted by Gasteiger charge is 2.35. The van der Waals surface area contributed by atoms with E-state index in [-0.39, 0.29) is 6.10 Å². The van der Waals surface area contributed by atoms with Gasteiger partial charge in [0.1, 0.15) is 19.0 Å². The first-order valence-corrected chi connectivity index (χ1v) is 10.4. The predicted octanol–water partition coefficient (Wildman–Crippen LogP) is 3.43. The molecule has 3 heterocycles. The molecule has 158 valence electrons. The van der Waals surface area contributed by atoms with Gasteiger partial charge in [0.2, 0.25) is 5.75 Å². The van der Waals surface area contributed by atoms with Gasteiger partial charge in [0, 0.05) is 19.2 Å². The van der Waals surface area contributed by atoms with Gasteiger partial charge in [0.25, 0.3) is 5.88 Å². The summed E-state index contributed by atoms with van der Waals surface area (Å²) in [4.78, 5) is 8.67. The zero-order valence-electron chi connectivity index (χ0n) is 16.7. The van der Waals surface area contributed by atoms with E-state index >= 15 is 0 Å². The summed E-state index contributed by atoms with van der Waals surface area (Å²) < 4.78 is 17.3. The van der Waals surface area contributed by atoms with Gasteiger partial charge < -0.3 is 24.8 Å². The van der Waals surface area contributed by atoms with Crippen LogP contribution in [0.3, 0.4) is 0 Å². The maximum atomic E-state index is 9.04. The van der Waals surface area contributed by atoms with E-state index in [0.29, 0.717) is 59.0 Å². The van der Waals surface area contributed by atoms with Gasteiger partial charge >= 0.3 is 0 Å². The monoisotopic (exact) mass is 429 g/mol. The largest absolute Gasteiger partial charge is 0.483 e. The van der Waals surface area contributed by atoms with E-state index in [9.17, 15) is 0 Å². The molecule has 2 saturated heterocycles. The minimum absolute atomic E-state index is 0.0785. The van der Waals surface area contributed by atoms with Crippen LogP contribution in [0, 0.1) is 11.3 Å². The third kappa shape index (κ3) is 4.75. The molecule has 0 amide bonds. The number of nitrogens with zero attached hydrogens (tertiary/aromatic N) is 3. The highest BCUT2D eigenvalue weighted by atomic mass is 35.5. The molecular formula is C21H24ClN5O3. The molecule has 1 aromatic carbocycles. The number of nitrogens with one attached hydrogen (secondary N) is 2. The number of methoxy groups -OCH3 is 1. The van der Waals surface area contributed by atoms with E-state index in [1.54, 1.807) is 25.3 Å². The standard InChI is InChI=1S/C21H24ClN5O3/c1-28-6-7-29-19-20(27-18-5-2-13(11-23)8-17(18)22)24-12-25-21(19)30-16-9-14-3-4-15(10-16)26-14/h2,5,8,12,14-16,26H,3-4,6-7,9-10H2,1H3,(H,24,25,27)/t14-,15?,16?/m0/s1. The Morgan fingerprint density at radius 1 is 1.23 bits per heavy atom. The lowest BCUT2D eigenvalue weighted by Gasteiger charge is -2.29. The van der Waals surface area contributed by atoms with Crippen molar-refractivity contribution in [1.82, 2.24) is 15.3 Å². The summed E-state index contributed by atoms with van der Waals surface area (Å²) in [6.45, 7) is 0.746. The van der Waals surface area contributed by atoms with Gasteiger partial charge in [0.05, 0.1) is 28.9 Å². The van der Waals surface area contributed by atoms with Crippen LogP contribution in [-0.4, -0.2) is 48.5 Å². The Bertz CT molecular complexity index is 923. The first-order valence-electron chi connectivity index (χ1n) is 10.0. The normalized spacial score (nSPS) is 22.4. The van der Waals surface area contributed by atoms with Crippen LogP contribution in [0.4, 0.5) is 11.5 Å². The number of nitriles is 1. The molecule has 0 spiro atoms. The Labute approximate surface area is 180 Å². The van der Waals surface area contributed by atoms with Crippen LogP contribution in [0.1, 0.15) is 31.2 Å². The topological polar surface area (TPSA) is 101 Å². The van der Waals surface area contributed by atoms with Crippen LogP contribution in [0.5, 0.6) is 11.6 Å². The van der Waals surface area contributed by atoms with Crippen molar-refractivity contribution >= 4 is 23.1 Å². The van der Waals surface area contributed by atoms with Crippen LogP contribution in [0.15, 0.2) is 24.5 Å². The minimum atomic E-state index is 0.0785. The summed E-state index contributed by atoms with van der Waals surface area (Å²) in [6.07, 6.45) is 5.79. The Morgan fingerprint density at radius 3 is 2.73 bits per heavy atom. The third-order valence-corrected chi connectivity index (χ3v) is 5.68. The average Bonchev–Trinajstić information content (AvgIpc) is 3.09. The lowest BCUT2D eigenvalue weighted by Crippen LogP contribution is -2.42. The first-order chi connectivity index (χ1) is 14.7. The number of hydrogen-bond acceptors (Lipinski definition) is 8. The molecule has 9 heteroatoms. The van der Waals surface area contributed by atoms with E-state index in [1.165, 1.54) is 19.2 Å². The molecule has 2 aromatic rings. The third-order valence-electron chi connectivity index (χ3n) is 5.36. The molecule has 2 fully saturated rings. The predicted molar refractivity (Wildman–Crippen MR) is 112 cm³/mol. The van der Waals surface area contributed by atoms with Crippen molar-refractivity contribution in [2.24, 2.45) is 0 Å². The summed E-state index contributed by atoms with van der Waals surface area (Å²) in [5, 5.41) is 16.2. The summed E-state index contributed by atoms with van der Waals surface area (Å²) in [5.74, 6) is 1.26. The number of hydrogen-bond donors (Lipinski definition) is 2. The van der Waals surface area contributed by atoms with Gasteiger partial charge in [-0.05, 0) is 43.9 Å². The first kappa shape index (κ1) is 20.7. The fourth-order valence-corrected chi connectivity index (χ4v) is 4.19. The lowest BCUT2D eigenvalue weighted by atomic mass is 10.0. The molecule has 2 aliphatic heterocycles. The minimum Gasteiger partial charge on any atom is -0.483 e. The van der Waals surface area contributed by atoms with Gasteiger partial charge in [-0.1, -0.05) is 11.6 Å². The van der Waals surface area contributed by atoms with E-state index in [0.717, 1.165) is 12.8 Å². The number of aromatic nitrogens is 2. The van der Waals surface area contributed by atoms with Crippen molar-refractivity contribution in [2.75, 3.05) is 25.6 Å². The molecule has 0 radical (unpaired) electrons. The molecular weight excluding hydrogens is 406 g/mol.